The molecule has 0 aliphatic heterocycles. The highest BCUT2D eigenvalue weighted by Gasteiger charge is 2.04. The zero-order valence-electron chi connectivity index (χ0n) is 18.8. The summed E-state index contributed by atoms with van der Waals surface area (Å²) in [6.07, 6.45) is 3.31. The van der Waals surface area contributed by atoms with Crippen molar-refractivity contribution in [2.45, 2.75) is 0 Å². The first-order valence-corrected chi connectivity index (χ1v) is 10.5. The molecule has 0 radical (unpaired) electrons. The third-order valence-electron chi connectivity index (χ3n) is 4.26. The van der Waals surface area contributed by atoms with Gasteiger partial charge in [-0.05, 0) is 35.9 Å². The van der Waals surface area contributed by atoms with Gasteiger partial charge in [-0.3, -0.25) is 4.79 Å². The van der Waals surface area contributed by atoms with Crippen molar-refractivity contribution in [3.63, 3.8) is 0 Å². The van der Waals surface area contributed by atoms with E-state index in [0.29, 0.717) is 64.2 Å². The molecule has 32 heavy (non-hydrogen) atoms. The number of methoxy groups -OCH3 is 2. The molecule has 0 atom stereocenters. The van der Waals surface area contributed by atoms with Crippen molar-refractivity contribution in [2.75, 3.05) is 67.1 Å². The Morgan fingerprint density at radius 1 is 0.719 bits per heavy atom. The van der Waals surface area contributed by atoms with Crippen LogP contribution in [-0.2, 0) is 18.9 Å². The number of carbonyl (C=O) groups is 1. The molecule has 7 nitrogen and oxygen atoms in total. The SMILES string of the molecule is COCCOCCOc1cccc(/C=C/C(=O)c2cccc(OCCOCCOC)c2)c1. The minimum Gasteiger partial charge on any atom is -0.491 e. The minimum atomic E-state index is -0.107. The normalized spacial score (nSPS) is 11.1. The van der Waals surface area contributed by atoms with Crippen molar-refractivity contribution in [1.29, 1.82) is 0 Å². The van der Waals surface area contributed by atoms with Crippen molar-refractivity contribution < 1.29 is 33.2 Å². The number of rotatable bonds is 17. The lowest BCUT2D eigenvalue weighted by Gasteiger charge is -2.08. The maximum atomic E-state index is 12.6. The van der Waals surface area contributed by atoms with Crippen LogP contribution in [0.2, 0.25) is 0 Å². The molecule has 2 aromatic rings. The van der Waals surface area contributed by atoms with Crippen LogP contribution in [0.4, 0.5) is 0 Å². The third-order valence-corrected chi connectivity index (χ3v) is 4.26. The summed E-state index contributed by atoms with van der Waals surface area (Å²) in [6, 6.07) is 14.6. The van der Waals surface area contributed by atoms with Gasteiger partial charge in [-0.1, -0.05) is 30.3 Å². The quantitative estimate of drug-likeness (QED) is 0.209. The van der Waals surface area contributed by atoms with Crippen molar-refractivity contribution in [2.24, 2.45) is 0 Å². The fourth-order valence-electron chi connectivity index (χ4n) is 2.64. The van der Waals surface area contributed by atoms with E-state index in [4.69, 9.17) is 28.4 Å². The van der Waals surface area contributed by atoms with Gasteiger partial charge in [-0.2, -0.15) is 0 Å². The van der Waals surface area contributed by atoms with Crippen molar-refractivity contribution in [3.05, 3.63) is 65.7 Å². The fraction of sp³-hybridized carbons (Fsp3) is 0.400. The standard InChI is InChI=1S/C25H32O7/c1-27-11-13-29-15-17-31-23-7-3-5-21(19-23)9-10-25(26)22-6-4-8-24(20-22)32-18-16-30-14-12-28-2/h3-10,19-20H,11-18H2,1-2H3/b10-9+. The molecule has 0 aliphatic carbocycles. The first kappa shape index (κ1) is 25.5. The molecule has 0 saturated heterocycles. The Bertz CT molecular complexity index is 819. The van der Waals surface area contributed by atoms with E-state index in [2.05, 4.69) is 0 Å². The zero-order chi connectivity index (χ0) is 22.9. The van der Waals surface area contributed by atoms with E-state index >= 15 is 0 Å². The molecule has 0 heterocycles. The van der Waals surface area contributed by atoms with E-state index in [-0.39, 0.29) is 5.78 Å². The van der Waals surface area contributed by atoms with Crippen LogP contribution in [0.3, 0.4) is 0 Å². The van der Waals surface area contributed by atoms with Crippen LogP contribution in [0.25, 0.3) is 6.08 Å². The second-order valence-electron chi connectivity index (χ2n) is 6.71. The summed E-state index contributed by atoms with van der Waals surface area (Å²) >= 11 is 0. The van der Waals surface area contributed by atoms with E-state index in [0.717, 1.165) is 11.3 Å². The smallest absolute Gasteiger partial charge is 0.185 e. The molecule has 0 amide bonds. The van der Waals surface area contributed by atoms with Gasteiger partial charge < -0.3 is 28.4 Å². The molecule has 0 aliphatic rings. The maximum absolute atomic E-state index is 12.6. The first-order valence-electron chi connectivity index (χ1n) is 10.5. The average molecular weight is 445 g/mol. The van der Waals surface area contributed by atoms with E-state index in [1.165, 1.54) is 0 Å². The molecule has 2 aromatic carbocycles. The van der Waals surface area contributed by atoms with Gasteiger partial charge in [0.1, 0.15) is 24.7 Å². The Balaban J connectivity index is 1.81. The number of hydrogen-bond donors (Lipinski definition) is 0. The van der Waals surface area contributed by atoms with Gasteiger partial charge in [0.05, 0.1) is 39.6 Å². The molecule has 174 valence electrons. The van der Waals surface area contributed by atoms with Gasteiger partial charge in [-0.25, -0.2) is 0 Å². The van der Waals surface area contributed by atoms with E-state index < -0.39 is 0 Å². The van der Waals surface area contributed by atoms with Crippen LogP contribution in [-0.4, -0.2) is 72.9 Å². The van der Waals surface area contributed by atoms with Crippen molar-refractivity contribution in [3.8, 4) is 11.5 Å². The predicted octanol–water partition coefficient (Wildman–Crippen LogP) is 3.67. The number of ether oxygens (including phenoxy) is 6. The van der Waals surface area contributed by atoms with Gasteiger partial charge in [0.25, 0.3) is 0 Å². The molecule has 0 bridgehead atoms. The molecule has 0 N–H and O–H groups in total. The van der Waals surface area contributed by atoms with Crippen molar-refractivity contribution in [1.82, 2.24) is 0 Å². The lowest BCUT2D eigenvalue weighted by atomic mass is 10.1. The number of carbonyl (C=O) groups excluding carboxylic acids is 1. The van der Waals surface area contributed by atoms with Gasteiger partial charge in [0.15, 0.2) is 5.78 Å². The second-order valence-corrected chi connectivity index (χ2v) is 6.71. The van der Waals surface area contributed by atoms with Gasteiger partial charge in [0, 0.05) is 19.8 Å². The summed E-state index contributed by atoms with van der Waals surface area (Å²) in [6.45, 7) is 3.97. The molecule has 0 fully saturated rings. The molecular weight excluding hydrogens is 412 g/mol. The Morgan fingerprint density at radius 2 is 1.28 bits per heavy atom. The topological polar surface area (TPSA) is 72.5 Å². The van der Waals surface area contributed by atoms with Crippen LogP contribution < -0.4 is 9.47 Å². The largest absolute Gasteiger partial charge is 0.491 e. The van der Waals surface area contributed by atoms with Gasteiger partial charge in [-0.15, -0.1) is 0 Å². The summed E-state index contributed by atoms with van der Waals surface area (Å²) < 4.78 is 31.9. The highest BCUT2D eigenvalue weighted by atomic mass is 16.5. The Kier molecular flexibility index (Phi) is 12.8. The lowest BCUT2D eigenvalue weighted by Crippen LogP contribution is -2.10. The van der Waals surface area contributed by atoms with Crippen molar-refractivity contribution >= 4 is 11.9 Å². The monoisotopic (exact) mass is 444 g/mol. The number of hydrogen-bond acceptors (Lipinski definition) is 7. The number of benzene rings is 2. The Morgan fingerprint density at radius 3 is 1.91 bits per heavy atom. The minimum absolute atomic E-state index is 0.107. The highest BCUT2D eigenvalue weighted by molar-refractivity contribution is 6.07. The molecular formula is C25H32O7. The Hall–Kier alpha value is -2.71. The molecule has 0 unspecified atom stereocenters. The number of ketones is 1. The zero-order valence-corrected chi connectivity index (χ0v) is 18.8. The summed E-state index contributed by atoms with van der Waals surface area (Å²) in [5, 5.41) is 0. The van der Waals surface area contributed by atoms with Gasteiger partial charge >= 0.3 is 0 Å². The third kappa shape index (κ3) is 10.5. The Labute approximate surface area is 189 Å². The predicted molar refractivity (Wildman–Crippen MR) is 123 cm³/mol. The summed E-state index contributed by atoms with van der Waals surface area (Å²) in [7, 11) is 3.26. The second kappa shape index (κ2) is 16.0. The van der Waals surface area contributed by atoms with Crippen LogP contribution in [0.5, 0.6) is 11.5 Å². The highest BCUT2D eigenvalue weighted by Crippen LogP contribution is 2.17. The number of allylic oxidation sites excluding steroid dienone is 1. The maximum Gasteiger partial charge on any atom is 0.185 e. The van der Waals surface area contributed by atoms with Crippen LogP contribution >= 0.6 is 0 Å². The van der Waals surface area contributed by atoms with Crippen LogP contribution in [0, 0.1) is 0 Å². The fourth-order valence-corrected chi connectivity index (χ4v) is 2.64. The van der Waals surface area contributed by atoms with E-state index in [9.17, 15) is 4.79 Å². The molecule has 2 rings (SSSR count). The molecule has 0 aromatic heterocycles. The summed E-state index contributed by atoms with van der Waals surface area (Å²) in [5.41, 5.74) is 1.43. The summed E-state index contributed by atoms with van der Waals surface area (Å²) in [5.74, 6) is 1.24. The van der Waals surface area contributed by atoms with E-state index in [1.54, 1.807) is 44.6 Å². The van der Waals surface area contributed by atoms with Crippen LogP contribution in [0.1, 0.15) is 15.9 Å². The summed E-state index contributed by atoms with van der Waals surface area (Å²) in [4.78, 5) is 12.6. The molecule has 0 saturated carbocycles. The van der Waals surface area contributed by atoms with Crippen LogP contribution in [0.15, 0.2) is 54.6 Å². The first-order chi connectivity index (χ1) is 15.7. The lowest BCUT2D eigenvalue weighted by molar-refractivity contribution is 0.0544. The average Bonchev–Trinajstić information content (AvgIpc) is 2.82. The molecule has 0 spiro atoms. The van der Waals surface area contributed by atoms with Gasteiger partial charge in [0.2, 0.25) is 0 Å². The van der Waals surface area contributed by atoms with E-state index in [1.807, 2.05) is 30.3 Å². The molecule has 7 heteroatoms.